The largest absolute Gasteiger partial charge is 0.491 e. The number of fused-ring (bicyclic) bond motifs is 2. The topological polar surface area (TPSA) is 18.5 Å². The lowest BCUT2D eigenvalue weighted by molar-refractivity contribution is -0.0198. The van der Waals surface area contributed by atoms with Gasteiger partial charge in [0.25, 0.3) is 0 Å². The van der Waals surface area contributed by atoms with Crippen LogP contribution in [0.2, 0.25) is 0 Å². The van der Waals surface area contributed by atoms with E-state index in [9.17, 15) is 4.39 Å². The van der Waals surface area contributed by atoms with Gasteiger partial charge < -0.3 is 9.47 Å². The number of ether oxygens (including phenoxy) is 2. The quantitative estimate of drug-likeness (QED) is 0.848. The molecule has 0 atom stereocenters. The summed E-state index contributed by atoms with van der Waals surface area (Å²) in [5.74, 6) is -0.574. The summed E-state index contributed by atoms with van der Waals surface area (Å²) >= 11 is 2.94. The number of benzene rings is 1. The fraction of sp³-hybridized carbons (Fsp3) is 0.538. The summed E-state index contributed by atoms with van der Waals surface area (Å²) in [4.78, 5) is 0. The second kappa shape index (κ2) is 4.25. The molecule has 92 valence electrons. The highest BCUT2D eigenvalue weighted by atomic mass is 79.9. The Hall–Kier alpha value is -0.610. The van der Waals surface area contributed by atoms with Crippen molar-refractivity contribution in [1.29, 1.82) is 0 Å². The lowest BCUT2D eigenvalue weighted by Crippen LogP contribution is -2.32. The van der Waals surface area contributed by atoms with Crippen LogP contribution in [0.3, 0.4) is 0 Å². The maximum atomic E-state index is 13.3. The summed E-state index contributed by atoms with van der Waals surface area (Å²) in [6.07, 6.45) is -15.6. The van der Waals surface area contributed by atoms with Crippen molar-refractivity contribution in [2.75, 3.05) is 6.61 Å². The Balaban J connectivity index is 2.06. The molecule has 0 aliphatic carbocycles. The van der Waals surface area contributed by atoms with Gasteiger partial charge in [0.05, 0.1) is 11.9 Å². The van der Waals surface area contributed by atoms with Gasteiger partial charge in [0.2, 0.25) is 0 Å². The molecule has 0 N–H and O–H groups in total. The second-order valence-electron chi connectivity index (χ2n) is 3.62. The van der Waals surface area contributed by atoms with Crippen molar-refractivity contribution in [1.82, 2.24) is 0 Å². The van der Waals surface area contributed by atoms with Crippen LogP contribution >= 0.6 is 15.9 Å². The summed E-state index contributed by atoms with van der Waals surface area (Å²) in [6.45, 7) is -0.912. The van der Waals surface area contributed by atoms with Crippen LogP contribution in [0.1, 0.15) is 37.8 Å². The van der Waals surface area contributed by atoms with E-state index in [0.717, 1.165) is 6.07 Å². The first-order chi connectivity index (χ1) is 11.6. The van der Waals surface area contributed by atoms with Gasteiger partial charge >= 0.3 is 0 Å². The van der Waals surface area contributed by atoms with Crippen molar-refractivity contribution in [2.24, 2.45) is 0 Å². The molecule has 3 rings (SSSR count). The van der Waals surface area contributed by atoms with Crippen molar-refractivity contribution in [3.63, 3.8) is 0 Å². The van der Waals surface area contributed by atoms with E-state index in [4.69, 9.17) is 21.8 Å². The Morgan fingerprint density at radius 1 is 1.59 bits per heavy atom. The third kappa shape index (κ3) is 2.20. The van der Waals surface area contributed by atoms with Crippen LogP contribution in [0.5, 0.6) is 5.75 Å². The molecule has 1 aromatic rings. The molecule has 0 saturated carbocycles. The number of rotatable bonds is 3. The lowest BCUT2D eigenvalue weighted by atomic mass is 9.89. The first-order valence-electron chi connectivity index (χ1n) is 9.37. The first kappa shape index (κ1) is 5.17. The van der Waals surface area contributed by atoms with Crippen LogP contribution in [0.25, 0.3) is 0 Å². The third-order valence-electron chi connectivity index (χ3n) is 2.37. The highest BCUT2D eigenvalue weighted by Gasteiger charge is 2.46. The molecule has 1 aromatic carbocycles. The molecule has 17 heavy (non-hydrogen) atoms. The fourth-order valence-corrected chi connectivity index (χ4v) is 1.87. The molecule has 2 bridgehead atoms. The van der Waals surface area contributed by atoms with Gasteiger partial charge in [-0.25, -0.2) is 4.39 Å². The van der Waals surface area contributed by atoms with E-state index in [1.807, 2.05) is 0 Å². The maximum absolute atomic E-state index is 13.3. The molecule has 2 aliphatic rings. The van der Waals surface area contributed by atoms with Gasteiger partial charge in [-0.1, -0.05) is 0 Å². The van der Waals surface area contributed by atoms with E-state index in [1.54, 1.807) is 0 Å². The average molecular weight is 310 g/mol. The summed E-state index contributed by atoms with van der Waals surface area (Å²) < 4.78 is 96.1. The van der Waals surface area contributed by atoms with E-state index >= 15 is 0 Å². The van der Waals surface area contributed by atoms with E-state index < -0.39 is 49.6 Å². The van der Waals surface area contributed by atoms with Crippen molar-refractivity contribution in [3.05, 3.63) is 28.5 Å². The lowest BCUT2D eigenvalue weighted by Gasteiger charge is -2.24. The van der Waals surface area contributed by atoms with Gasteiger partial charge in [0, 0.05) is 11.0 Å². The van der Waals surface area contributed by atoms with Gasteiger partial charge in [0.15, 0.2) is 0 Å². The number of hydrogen-bond donors (Lipinski definition) is 0. The van der Waals surface area contributed by atoms with E-state index in [2.05, 4.69) is 15.9 Å². The zero-order valence-corrected chi connectivity index (χ0v) is 10.1. The molecular weight excluding hydrogens is 287 g/mol. The van der Waals surface area contributed by atoms with Crippen LogP contribution in [-0.2, 0) is 4.74 Å². The van der Waals surface area contributed by atoms with Crippen molar-refractivity contribution in [2.45, 2.75) is 37.2 Å². The van der Waals surface area contributed by atoms with E-state index in [1.165, 1.54) is 12.1 Å². The molecule has 0 spiro atoms. The van der Waals surface area contributed by atoms with E-state index in [0.29, 0.717) is 0 Å². The number of halogens is 2. The van der Waals surface area contributed by atoms with Gasteiger partial charge in [-0.15, -0.1) is 0 Å². The zero-order valence-electron chi connectivity index (χ0n) is 17.5. The molecule has 2 saturated heterocycles. The van der Waals surface area contributed by atoms with Crippen molar-refractivity contribution in [3.8, 4) is 5.75 Å². The molecule has 2 fully saturated rings. The zero-order chi connectivity index (χ0) is 20.0. The molecule has 2 aliphatic heterocycles. The first-order valence-corrected chi connectivity index (χ1v) is 5.66. The monoisotopic (exact) mass is 309 g/mol. The third-order valence-corrected chi connectivity index (χ3v) is 2.97. The average Bonchev–Trinajstić information content (AvgIpc) is 2.73. The Morgan fingerprint density at radius 2 is 2.35 bits per heavy atom. The standard InChI is InChI=1S/C13H14BrFO2/c14-11-7-10(1-2-12(11)15)16-8-13-5-3-9(17-13)4-6-13/h1-2,7,9H,3-6,8H2/i3D2,4D2,5D2,6D2,9D. The van der Waals surface area contributed by atoms with Crippen LogP contribution in [0.15, 0.2) is 22.7 Å². The fourth-order valence-electron chi connectivity index (χ4n) is 1.51. The van der Waals surface area contributed by atoms with Gasteiger partial charge in [-0.3, -0.25) is 0 Å². The smallest absolute Gasteiger partial charge is 0.137 e. The predicted molar refractivity (Wildman–Crippen MR) is 65.7 cm³/mol. The summed E-state index contributed by atoms with van der Waals surface area (Å²) in [6, 6.07) is 3.46. The summed E-state index contributed by atoms with van der Waals surface area (Å²) in [5, 5.41) is 0. The van der Waals surface area contributed by atoms with E-state index in [-0.39, 0.29) is 10.2 Å². The summed E-state index contributed by atoms with van der Waals surface area (Å²) in [5.41, 5.74) is -2.73. The Morgan fingerprint density at radius 3 is 3.06 bits per heavy atom. The van der Waals surface area contributed by atoms with Gasteiger partial charge in [0.1, 0.15) is 23.8 Å². The minimum atomic E-state index is -3.15. The molecule has 4 heteroatoms. The Labute approximate surface area is 121 Å². The minimum absolute atomic E-state index is 0.0124. The van der Waals surface area contributed by atoms with Crippen molar-refractivity contribution >= 4 is 15.9 Å². The molecule has 2 heterocycles. The molecule has 2 nitrogen and oxygen atoms in total. The maximum Gasteiger partial charge on any atom is 0.137 e. The Kier molecular flexibility index (Phi) is 1.29. The van der Waals surface area contributed by atoms with Gasteiger partial charge in [-0.05, 0) is 59.6 Å². The molecule has 0 radical (unpaired) electrons. The molecule has 0 aromatic heterocycles. The Bertz CT molecular complexity index is 742. The molecule has 0 amide bonds. The molecule has 0 unspecified atom stereocenters. The SMILES string of the molecule is [2H]C1([2H])C([2H])([2H])C2(COc3ccc(F)c(Br)c3)OC1([2H])C([2H])([2H])C2([2H])[2H]. The van der Waals surface area contributed by atoms with Gasteiger partial charge in [-0.2, -0.15) is 0 Å². The molecular formula is C13H14BrFO2. The normalized spacial score (nSPS) is 54.8. The van der Waals surface area contributed by atoms with Crippen LogP contribution in [-0.4, -0.2) is 18.3 Å². The predicted octanol–water partition coefficient (Wildman–Crippen LogP) is 3.68. The van der Waals surface area contributed by atoms with Crippen LogP contribution < -0.4 is 4.74 Å². The summed E-state index contributed by atoms with van der Waals surface area (Å²) in [7, 11) is 0. The highest BCUT2D eigenvalue weighted by Crippen LogP contribution is 2.43. The highest BCUT2D eigenvalue weighted by molar-refractivity contribution is 9.10. The minimum Gasteiger partial charge on any atom is -0.491 e. The van der Waals surface area contributed by atoms with Crippen molar-refractivity contribution < 1.29 is 26.2 Å². The van der Waals surface area contributed by atoms with Crippen LogP contribution in [0, 0.1) is 5.82 Å². The van der Waals surface area contributed by atoms with Crippen LogP contribution in [0.4, 0.5) is 4.39 Å². The second-order valence-corrected chi connectivity index (χ2v) is 4.48. The number of hydrogen-bond acceptors (Lipinski definition) is 2.